The molecule has 0 aromatic rings. The van der Waals surface area contributed by atoms with Crippen molar-refractivity contribution in [3.63, 3.8) is 0 Å². The molecule has 0 spiro atoms. The Morgan fingerprint density at radius 3 is 1.08 bits per heavy atom. The first-order chi connectivity index (χ1) is 48.1. The van der Waals surface area contributed by atoms with Crippen LogP contribution in [0.5, 0.6) is 0 Å². The Kier molecular flexibility index (Phi) is 63.1. The van der Waals surface area contributed by atoms with Gasteiger partial charge in [-0.15, -0.1) is 0 Å². The van der Waals surface area contributed by atoms with Gasteiger partial charge in [-0.05, 0) is 64.2 Å². The first-order valence-corrected chi connectivity index (χ1v) is 41.2. The fraction of sp³-hybridized carbons (Fsp3) is 0.845. The zero-order valence-corrected chi connectivity index (χ0v) is 62.8. The van der Waals surface area contributed by atoms with E-state index in [9.17, 15) is 45.6 Å². The van der Waals surface area contributed by atoms with E-state index < -0.39 is 86.8 Å². The number of aliphatic hydroxyl groups excluding tert-OH is 8. The number of hydrogen-bond donors (Lipinski definition) is 9. The van der Waals surface area contributed by atoms with Gasteiger partial charge in [0, 0.05) is 6.42 Å². The molecule has 572 valence electrons. The number of hydrogen-bond acceptors (Lipinski definition) is 13. The fourth-order valence-corrected chi connectivity index (χ4v) is 13.5. The smallest absolute Gasteiger partial charge is 0.220 e. The van der Waals surface area contributed by atoms with Crippen LogP contribution in [0.3, 0.4) is 0 Å². The van der Waals surface area contributed by atoms with Crippen molar-refractivity contribution >= 4 is 5.91 Å². The molecule has 12 atom stereocenters. The number of carbonyl (C=O) groups is 1. The van der Waals surface area contributed by atoms with Gasteiger partial charge in [0.05, 0.1) is 32.0 Å². The van der Waals surface area contributed by atoms with E-state index >= 15 is 0 Å². The SMILES string of the molecule is CC/C=C\C/C=C\C/C=C\C/C=C\C/C=C\C/C=C\CCCCCCCCCCCCCCCCCCCCC(=O)NC(COC1OC(CO)C(OC2OC(CO)C(O)C(O)C2O)C(O)C1O)C(O)CCCCCCCCCCCCCCCCCCCCCCCCCCCCC. The Morgan fingerprint density at radius 1 is 0.378 bits per heavy atom. The molecule has 1 amide bonds. The van der Waals surface area contributed by atoms with Gasteiger partial charge in [-0.1, -0.05) is 363 Å². The fourth-order valence-electron chi connectivity index (χ4n) is 13.5. The second-order valence-electron chi connectivity index (χ2n) is 28.9. The van der Waals surface area contributed by atoms with E-state index in [-0.39, 0.29) is 12.5 Å². The molecule has 0 aromatic heterocycles. The Hall–Kier alpha value is -2.57. The standard InChI is InChI=1S/C84H153NO13/c1-3-5-7-9-11-13-15-17-19-21-23-25-27-29-31-32-33-34-35-36-37-38-39-40-42-44-46-48-50-52-54-56-58-60-62-64-66-68-76(89)85-72(71-95-83-81(94)79(92)82(75(70-87)97-83)98-84-80(93)78(91)77(90)74(69-86)96-84)73(88)67-65-63-61-59-57-55-53-51-49-47-45-43-41-30-28-26-24-22-20-18-16-14-12-10-8-6-4-2/h5,7,11,13,17,19,23,25,29,31,33-34,72-75,77-84,86-88,90-94H,3-4,6,8-10,12,14-16,18,20-22,24,26-28,30,32,35-71H2,1-2H3,(H,85,89)/b7-5-,13-11-,19-17-,25-23-,31-29-,34-33-. The van der Waals surface area contributed by atoms with Gasteiger partial charge in [0.25, 0.3) is 0 Å². The van der Waals surface area contributed by atoms with Gasteiger partial charge in [0.1, 0.15) is 48.8 Å². The van der Waals surface area contributed by atoms with Crippen molar-refractivity contribution in [2.45, 2.75) is 434 Å². The topological polar surface area (TPSA) is 228 Å². The molecule has 2 heterocycles. The summed E-state index contributed by atoms with van der Waals surface area (Å²) in [6, 6.07) is -0.832. The third-order valence-corrected chi connectivity index (χ3v) is 19.9. The molecule has 14 nitrogen and oxygen atoms in total. The van der Waals surface area contributed by atoms with Gasteiger partial charge in [0.2, 0.25) is 5.91 Å². The summed E-state index contributed by atoms with van der Waals surface area (Å²) in [5, 5.41) is 87.9. The van der Waals surface area contributed by atoms with Crippen molar-refractivity contribution in [1.29, 1.82) is 0 Å². The predicted molar refractivity (Wildman–Crippen MR) is 406 cm³/mol. The Labute approximate surface area is 599 Å². The third-order valence-electron chi connectivity index (χ3n) is 19.9. The van der Waals surface area contributed by atoms with Gasteiger partial charge in [0.15, 0.2) is 12.6 Å². The van der Waals surface area contributed by atoms with Gasteiger partial charge in [-0.25, -0.2) is 0 Å². The number of amides is 1. The van der Waals surface area contributed by atoms with Crippen molar-refractivity contribution in [3.8, 4) is 0 Å². The summed E-state index contributed by atoms with van der Waals surface area (Å²) in [7, 11) is 0. The summed E-state index contributed by atoms with van der Waals surface area (Å²) in [4.78, 5) is 13.4. The van der Waals surface area contributed by atoms with E-state index in [1.165, 1.54) is 244 Å². The number of carbonyl (C=O) groups excluding carboxylic acids is 1. The maximum Gasteiger partial charge on any atom is 0.220 e. The average molecular weight is 1390 g/mol. The van der Waals surface area contributed by atoms with E-state index in [2.05, 4.69) is 92.1 Å². The van der Waals surface area contributed by atoms with Gasteiger partial charge < -0.3 is 65.1 Å². The molecule has 0 aromatic carbocycles. The van der Waals surface area contributed by atoms with Crippen LogP contribution >= 0.6 is 0 Å². The van der Waals surface area contributed by atoms with Crippen LogP contribution in [0.15, 0.2) is 72.9 Å². The molecule has 2 rings (SSSR count). The minimum absolute atomic E-state index is 0.201. The van der Waals surface area contributed by atoms with Crippen LogP contribution in [0, 0.1) is 0 Å². The first-order valence-electron chi connectivity index (χ1n) is 41.2. The van der Waals surface area contributed by atoms with Crippen molar-refractivity contribution in [3.05, 3.63) is 72.9 Å². The molecule has 98 heavy (non-hydrogen) atoms. The van der Waals surface area contributed by atoms with Crippen LogP contribution in [0.1, 0.15) is 361 Å². The summed E-state index contributed by atoms with van der Waals surface area (Å²) in [5.74, 6) is -0.201. The molecule has 2 aliphatic rings. The van der Waals surface area contributed by atoms with Crippen LogP contribution < -0.4 is 5.32 Å². The lowest BCUT2D eigenvalue weighted by Gasteiger charge is -2.46. The maximum absolute atomic E-state index is 13.4. The van der Waals surface area contributed by atoms with E-state index in [4.69, 9.17) is 18.9 Å². The molecular formula is C84H153NO13. The number of aliphatic hydroxyl groups is 8. The van der Waals surface area contributed by atoms with Crippen molar-refractivity contribution in [1.82, 2.24) is 5.32 Å². The van der Waals surface area contributed by atoms with E-state index in [0.717, 1.165) is 89.9 Å². The number of rotatable bonds is 69. The molecular weight excluding hydrogens is 1230 g/mol. The molecule has 2 saturated heterocycles. The highest BCUT2D eigenvalue weighted by Gasteiger charge is 2.51. The Balaban J connectivity index is 1.59. The predicted octanol–water partition coefficient (Wildman–Crippen LogP) is 18.9. The minimum Gasteiger partial charge on any atom is -0.394 e. The molecule has 2 fully saturated rings. The monoisotopic (exact) mass is 1380 g/mol. The quantitative estimate of drug-likeness (QED) is 0.0204. The highest BCUT2D eigenvalue weighted by Crippen LogP contribution is 2.30. The minimum atomic E-state index is -1.78. The van der Waals surface area contributed by atoms with E-state index in [1.807, 2.05) is 0 Å². The highest BCUT2D eigenvalue weighted by atomic mass is 16.7. The number of unbranched alkanes of at least 4 members (excludes halogenated alkanes) is 44. The molecule has 0 saturated carbocycles. The number of nitrogens with one attached hydrogen (secondary N) is 1. The van der Waals surface area contributed by atoms with Crippen LogP contribution in [0.4, 0.5) is 0 Å². The number of ether oxygens (including phenoxy) is 4. The van der Waals surface area contributed by atoms with Crippen molar-refractivity contribution in [2.75, 3.05) is 19.8 Å². The second kappa shape index (κ2) is 67.6. The summed E-state index contributed by atoms with van der Waals surface area (Å²) in [5.41, 5.74) is 0. The highest BCUT2D eigenvalue weighted by molar-refractivity contribution is 5.76. The zero-order valence-electron chi connectivity index (χ0n) is 62.8. The molecule has 9 N–H and O–H groups in total. The second-order valence-corrected chi connectivity index (χ2v) is 28.9. The zero-order chi connectivity index (χ0) is 70.8. The number of allylic oxidation sites excluding steroid dienone is 12. The summed E-state index contributed by atoms with van der Waals surface area (Å²) in [6.45, 7) is 2.80. The summed E-state index contributed by atoms with van der Waals surface area (Å²) in [6.07, 6.45) is 76.6. The van der Waals surface area contributed by atoms with Crippen LogP contribution in [-0.2, 0) is 23.7 Å². The first kappa shape index (κ1) is 91.5. The normalized spacial score (nSPS) is 22.4. The molecule has 2 aliphatic heterocycles. The third kappa shape index (κ3) is 49.9. The van der Waals surface area contributed by atoms with E-state index in [0.29, 0.717) is 12.8 Å². The van der Waals surface area contributed by atoms with Crippen LogP contribution in [0.25, 0.3) is 0 Å². The molecule has 0 radical (unpaired) electrons. The Morgan fingerprint density at radius 2 is 0.704 bits per heavy atom. The Bertz CT molecular complexity index is 1920. The van der Waals surface area contributed by atoms with Gasteiger partial charge in [-0.2, -0.15) is 0 Å². The summed E-state index contributed by atoms with van der Waals surface area (Å²) >= 11 is 0. The molecule has 0 aliphatic carbocycles. The lowest BCUT2D eigenvalue weighted by Crippen LogP contribution is -2.65. The molecule has 12 unspecified atom stereocenters. The van der Waals surface area contributed by atoms with Gasteiger partial charge >= 0.3 is 0 Å². The summed E-state index contributed by atoms with van der Waals surface area (Å²) < 4.78 is 23.0. The lowest BCUT2D eigenvalue weighted by atomic mass is 9.97. The average Bonchev–Trinajstić information content (AvgIpc) is 0.793. The molecule has 0 bridgehead atoms. The van der Waals surface area contributed by atoms with Gasteiger partial charge in [-0.3, -0.25) is 4.79 Å². The lowest BCUT2D eigenvalue weighted by molar-refractivity contribution is -0.359. The van der Waals surface area contributed by atoms with Crippen molar-refractivity contribution < 1.29 is 64.6 Å². The van der Waals surface area contributed by atoms with Crippen LogP contribution in [-0.4, -0.2) is 140 Å². The van der Waals surface area contributed by atoms with Crippen molar-refractivity contribution in [2.24, 2.45) is 0 Å². The molecule has 14 heteroatoms. The van der Waals surface area contributed by atoms with Crippen LogP contribution in [0.2, 0.25) is 0 Å². The maximum atomic E-state index is 13.4. The largest absolute Gasteiger partial charge is 0.394 e. The van der Waals surface area contributed by atoms with E-state index in [1.54, 1.807) is 0 Å².